The van der Waals surface area contributed by atoms with Crippen molar-refractivity contribution in [3.63, 3.8) is 0 Å². The molecule has 2 aliphatic rings. The Balaban J connectivity index is 1.64. The molecule has 0 aromatic carbocycles. The number of hydrogen-bond donors (Lipinski definition) is 1. The Labute approximate surface area is 120 Å². The number of hydrogen-bond acceptors (Lipinski definition) is 5. The number of ketones is 1. The predicted molar refractivity (Wildman–Crippen MR) is 72.0 cm³/mol. The van der Waals surface area contributed by atoms with Gasteiger partial charge in [-0.15, -0.1) is 0 Å². The van der Waals surface area contributed by atoms with E-state index in [4.69, 9.17) is 6.11 Å². The first-order valence-electron chi connectivity index (χ1n) is 7.84. The van der Waals surface area contributed by atoms with Crippen molar-refractivity contribution in [3.8, 4) is 0 Å². The summed E-state index contributed by atoms with van der Waals surface area (Å²) >= 11 is 0. The minimum Gasteiger partial charge on any atom is -0.465 e. The summed E-state index contributed by atoms with van der Waals surface area (Å²) in [5, 5.41) is 2.64. The standard InChI is InChI=1S/C14H22N2O4/c1-16-8-2-4-11(16)14(19)20-9-3-5-12(17)10-6-7-15-13(10)18/h10-11H,2-9H2,1H3,(H,15,18)/t10-,11-/m0/s1/i1D. The van der Waals surface area contributed by atoms with Crippen LogP contribution in [-0.2, 0) is 19.1 Å². The molecule has 2 aliphatic heterocycles. The Hall–Kier alpha value is -1.43. The van der Waals surface area contributed by atoms with Crippen LogP contribution in [0.2, 0.25) is 0 Å². The Morgan fingerprint density at radius 1 is 1.50 bits per heavy atom. The Morgan fingerprint density at radius 3 is 3.05 bits per heavy atom. The van der Waals surface area contributed by atoms with Gasteiger partial charge in [-0.25, -0.2) is 0 Å². The summed E-state index contributed by atoms with van der Waals surface area (Å²) in [6, 6.07) is -0.307. The minimum absolute atomic E-state index is 0.0744. The van der Waals surface area contributed by atoms with E-state index < -0.39 is 5.92 Å². The number of Topliss-reactive ketones (excluding diaryl/α,β-unsaturated/α-hetero) is 1. The maximum absolute atomic E-state index is 11.9. The number of esters is 1. The van der Waals surface area contributed by atoms with Crippen molar-refractivity contribution in [1.82, 2.24) is 10.2 Å². The van der Waals surface area contributed by atoms with Crippen LogP contribution in [0, 0.1) is 5.92 Å². The molecule has 0 unspecified atom stereocenters. The highest BCUT2D eigenvalue weighted by Gasteiger charge is 2.31. The fourth-order valence-corrected chi connectivity index (χ4v) is 2.68. The second-order valence-corrected chi connectivity index (χ2v) is 5.34. The zero-order chi connectivity index (χ0) is 15.2. The quantitative estimate of drug-likeness (QED) is 0.425. The lowest BCUT2D eigenvalue weighted by Crippen LogP contribution is -2.34. The minimum atomic E-state index is -0.519. The normalized spacial score (nSPS) is 27.2. The molecule has 2 atom stereocenters. The molecule has 6 heteroatoms. The third-order valence-corrected chi connectivity index (χ3v) is 3.88. The number of nitrogens with one attached hydrogen (secondary N) is 1. The number of carbonyl (C=O) groups excluding carboxylic acids is 3. The van der Waals surface area contributed by atoms with Gasteiger partial charge in [0.25, 0.3) is 0 Å². The van der Waals surface area contributed by atoms with Crippen LogP contribution in [0.15, 0.2) is 0 Å². The molecule has 0 aromatic heterocycles. The van der Waals surface area contributed by atoms with Gasteiger partial charge in [-0.05, 0) is 39.3 Å². The van der Waals surface area contributed by atoms with E-state index in [0.717, 1.165) is 19.4 Å². The summed E-state index contributed by atoms with van der Waals surface area (Å²) < 4.78 is 12.5. The summed E-state index contributed by atoms with van der Waals surface area (Å²) in [5.41, 5.74) is 0. The first kappa shape index (κ1) is 13.5. The van der Waals surface area contributed by atoms with Crippen LogP contribution in [0.3, 0.4) is 0 Å². The van der Waals surface area contributed by atoms with Gasteiger partial charge >= 0.3 is 5.97 Å². The molecule has 1 amide bonds. The van der Waals surface area contributed by atoms with Gasteiger partial charge in [0.1, 0.15) is 11.8 Å². The van der Waals surface area contributed by atoms with E-state index in [9.17, 15) is 14.4 Å². The molecular weight excluding hydrogens is 260 g/mol. The summed E-state index contributed by atoms with van der Waals surface area (Å²) in [6.45, 7) is 1.52. The van der Waals surface area contributed by atoms with Gasteiger partial charge in [0.15, 0.2) is 0 Å². The van der Waals surface area contributed by atoms with Gasteiger partial charge in [0.05, 0.1) is 12.5 Å². The predicted octanol–water partition coefficient (Wildman–Crippen LogP) is 0.109. The van der Waals surface area contributed by atoms with E-state index in [-0.39, 0.29) is 43.8 Å². The molecule has 0 spiro atoms. The van der Waals surface area contributed by atoms with Crippen molar-refractivity contribution in [2.45, 2.75) is 38.1 Å². The summed E-state index contributed by atoms with van der Waals surface area (Å²) in [5.74, 6) is -1.08. The zero-order valence-corrected chi connectivity index (χ0v) is 11.6. The van der Waals surface area contributed by atoms with Crippen molar-refractivity contribution in [3.05, 3.63) is 0 Å². The molecule has 20 heavy (non-hydrogen) atoms. The molecule has 1 N–H and O–H groups in total. The lowest BCUT2D eigenvalue weighted by atomic mass is 9.99. The molecule has 2 fully saturated rings. The van der Waals surface area contributed by atoms with E-state index >= 15 is 0 Å². The van der Waals surface area contributed by atoms with Crippen molar-refractivity contribution in [2.75, 3.05) is 26.7 Å². The molecular formula is C14H22N2O4. The van der Waals surface area contributed by atoms with E-state index in [0.29, 0.717) is 19.4 Å². The Kier molecular flexibility index (Phi) is 4.63. The molecule has 0 bridgehead atoms. The highest BCUT2D eigenvalue weighted by Crippen LogP contribution is 2.17. The van der Waals surface area contributed by atoms with E-state index in [1.54, 1.807) is 4.90 Å². The maximum atomic E-state index is 11.9. The fraction of sp³-hybridized carbons (Fsp3) is 0.786. The van der Waals surface area contributed by atoms with Gasteiger partial charge in [-0.1, -0.05) is 0 Å². The van der Waals surface area contributed by atoms with Crippen molar-refractivity contribution in [2.24, 2.45) is 5.92 Å². The van der Waals surface area contributed by atoms with Crippen molar-refractivity contribution < 1.29 is 20.5 Å². The second-order valence-electron chi connectivity index (χ2n) is 5.34. The Bertz CT molecular complexity index is 416. The molecule has 0 aromatic rings. The number of ether oxygens (including phenoxy) is 1. The van der Waals surface area contributed by atoms with Crippen LogP contribution in [0.1, 0.15) is 33.5 Å². The zero-order valence-electron chi connectivity index (χ0n) is 12.6. The number of likely N-dealkylation sites (tertiary alicyclic amines) is 1. The van der Waals surface area contributed by atoms with E-state index in [2.05, 4.69) is 5.32 Å². The highest BCUT2D eigenvalue weighted by atomic mass is 16.5. The maximum Gasteiger partial charge on any atom is 0.323 e. The SMILES string of the molecule is [2H]CN1CCC[C@H]1C(=O)OCCCC(=O)[C@@H]1CCNC1=O. The van der Waals surface area contributed by atoms with Crippen LogP contribution < -0.4 is 5.32 Å². The third kappa shape index (κ3) is 3.56. The number of likely N-dealkylation sites (N-methyl/N-ethyl adjacent to an activating group) is 1. The van der Waals surface area contributed by atoms with Gasteiger partial charge in [0, 0.05) is 14.3 Å². The molecule has 112 valence electrons. The number of carbonyl (C=O) groups is 3. The second kappa shape index (κ2) is 6.83. The lowest BCUT2D eigenvalue weighted by Gasteiger charge is -2.17. The molecule has 2 heterocycles. The first-order valence-corrected chi connectivity index (χ1v) is 7.14. The monoisotopic (exact) mass is 283 g/mol. The fourth-order valence-electron chi connectivity index (χ4n) is 2.68. The molecule has 2 saturated heterocycles. The van der Waals surface area contributed by atoms with Crippen LogP contribution in [-0.4, -0.2) is 55.3 Å². The van der Waals surface area contributed by atoms with Crippen LogP contribution in [0.4, 0.5) is 0 Å². The van der Waals surface area contributed by atoms with Crippen LogP contribution >= 0.6 is 0 Å². The molecule has 6 nitrogen and oxygen atoms in total. The third-order valence-electron chi connectivity index (χ3n) is 3.88. The number of rotatable bonds is 6. The van der Waals surface area contributed by atoms with Gasteiger partial charge in [-0.3, -0.25) is 19.3 Å². The molecule has 0 saturated carbocycles. The van der Waals surface area contributed by atoms with Crippen LogP contribution in [0.25, 0.3) is 0 Å². The Morgan fingerprint density at radius 2 is 2.35 bits per heavy atom. The topological polar surface area (TPSA) is 75.7 Å². The van der Waals surface area contributed by atoms with Gasteiger partial charge in [-0.2, -0.15) is 0 Å². The van der Waals surface area contributed by atoms with Crippen LogP contribution in [0.5, 0.6) is 0 Å². The molecule has 2 rings (SSSR count). The van der Waals surface area contributed by atoms with E-state index in [1.807, 2.05) is 0 Å². The average Bonchev–Trinajstić information content (AvgIpc) is 3.11. The van der Waals surface area contributed by atoms with Gasteiger partial charge in [0.2, 0.25) is 5.91 Å². The molecule has 0 aliphatic carbocycles. The highest BCUT2D eigenvalue weighted by molar-refractivity contribution is 6.02. The number of amides is 1. The van der Waals surface area contributed by atoms with Gasteiger partial charge < -0.3 is 10.1 Å². The summed E-state index contributed by atoms with van der Waals surface area (Å²) in [6.07, 6.45) is 2.92. The largest absolute Gasteiger partial charge is 0.465 e. The number of nitrogens with zero attached hydrogens (tertiary/aromatic N) is 1. The van der Waals surface area contributed by atoms with Crippen molar-refractivity contribution in [1.29, 1.82) is 0 Å². The first-order chi connectivity index (χ1) is 10.1. The molecule has 0 radical (unpaired) electrons. The van der Waals surface area contributed by atoms with E-state index in [1.165, 1.54) is 0 Å². The smallest absolute Gasteiger partial charge is 0.323 e. The van der Waals surface area contributed by atoms with Crippen molar-refractivity contribution >= 4 is 17.7 Å². The lowest BCUT2D eigenvalue weighted by molar-refractivity contribution is -0.149. The summed E-state index contributed by atoms with van der Waals surface area (Å²) in [4.78, 5) is 36.8. The average molecular weight is 283 g/mol. The summed E-state index contributed by atoms with van der Waals surface area (Å²) in [7, 11) is 0.106.